The van der Waals surface area contributed by atoms with Gasteiger partial charge in [-0.05, 0) is 49.2 Å². The van der Waals surface area contributed by atoms with Crippen molar-refractivity contribution in [1.29, 1.82) is 0 Å². The second-order valence-electron chi connectivity index (χ2n) is 5.30. The minimum atomic E-state index is -0.273. The Kier molecular flexibility index (Phi) is 4.86. The molecule has 0 radical (unpaired) electrons. The van der Waals surface area contributed by atoms with Gasteiger partial charge in [0.05, 0.1) is 6.04 Å². The van der Waals surface area contributed by atoms with Crippen molar-refractivity contribution in [3.05, 3.63) is 64.4 Å². The van der Waals surface area contributed by atoms with Gasteiger partial charge in [0.15, 0.2) is 0 Å². The number of hydrogen-bond donors (Lipinski definition) is 1. The third kappa shape index (κ3) is 3.36. The van der Waals surface area contributed by atoms with E-state index in [0.29, 0.717) is 0 Å². The molecule has 2 nitrogen and oxygen atoms in total. The Bertz CT molecular complexity index is 628. The molecule has 2 aromatic carbocycles. The predicted octanol–water partition coefficient (Wildman–Crippen LogP) is 4.70. The van der Waals surface area contributed by atoms with Crippen LogP contribution in [0.2, 0.25) is 5.02 Å². The maximum atomic E-state index is 13.5. The predicted molar refractivity (Wildman–Crippen MR) is 87.3 cm³/mol. The van der Waals surface area contributed by atoms with Crippen LogP contribution in [0.25, 0.3) is 0 Å². The van der Waals surface area contributed by atoms with Gasteiger partial charge in [-0.15, -0.1) is 0 Å². The van der Waals surface area contributed by atoms with Gasteiger partial charge >= 0.3 is 0 Å². The molecule has 2 rings (SSSR count). The quantitative estimate of drug-likeness (QED) is 0.887. The van der Waals surface area contributed by atoms with E-state index in [0.717, 1.165) is 21.8 Å². The first-order valence-corrected chi connectivity index (χ1v) is 7.32. The largest absolute Gasteiger partial charge is 0.368 e. The van der Waals surface area contributed by atoms with E-state index in [2.05, 4.69) is 11.8 Å². The molecule has 0 saturated heterocycles. The lowest BCUT2D eigenvalue weighted by molar-refractivity contribution is 0.620. The standard InChI is InChI=1S/C17H20ClFN2/c1-11(20)15-10-13(19)8-9-17(15)21(3)12(2)14-6-4-5-7-16(14)18/h4-12H,20H2,1-3H3. The second-order valence-corrected chi connectivity index (χ2v) is 5.71. The van der Waals surface area contributed by atoms with Crippen LogP contribution in [0.3, 0.4) is 0 Å². The number of nitrogens with two attached hydrogens (primary N) is 1. The minimum Gasteiger partial charge on any atom is -0.368 e. The van der Waals surface area contributed by atoms with Gasteiger partial charge in [0.25, 0.3) is 0 Å². The van der Waals surface area contributed by atoms with Crippen LogP contribution in [0.1, 0.15) is 37.1 Å². The molecular weight excluding hydrogens is 287 g/mol. The summed E-state index contributed by atoms with van der Waals surface area (Å²) in [6, 6.07) is 12.3. The first-order chi connectivity index (χ1) is 9.91. The summed E-state index contributed by atoms with van der Waals surface area (Å²) in [5.41, 5.74) is 8.70. The van der Waals surface area contributed by atoms with Gasteiger partial charge in [-0.1, -0.05) is 29.8 Å². The van der Waals surface area contributed by atoms with E-state index in [1.54, 1.807) is 6.07 Å². The van der Waals surface area contributed by atoms with E-state index in [9.17, 15) is 4.39 Å². The molecule has 2 aromatic rings. The fraction of sp³-hybridized carbons (Fsp3) is 0.294. The van der Waals surface area contributed by atoms with Crippen molar-refractivity contribution in [3.8, 4) is 0 Å². The Morgan fingerprint density at radius 1 is 1.10 bits per heavy atom. The van der Waals surface area contributed by atoms with Gasteiger partial charge in [0, 0.05) is 23.8 Å². The molecule has 4 heteroatoms. The maximum Gasteiger partial charge on any atom is 0.123 e. The zero-order valence-electron chi connectivity index (χ0n) is 12.5. The molecule has 0 saturated carbocycles. The monoisotopic (exact) mass is 306 g/mol. The summed E-state index contributed by atoms with van der Waals surface area (Å²) in [4.78, 5) is 2.07. The third-order valence-corrected chi connectivity index (χ3v) is 4.14. The lowest BCUT2D eigenvalue weighted by Gasteiger charge is -2.30. The van der Waals surface area contributed by atoms with Crippen LogP contribution < -0.4 is 10.6 Å². The van der Waals surface area contributed by atoms with Crippen LogP contribution in [0, 0.1) is 5.82 Å². The van der Waals surface area contributed by atoms with E-state index >= 15 is 0 Å². The highest BCUT2D eigenvalue weighted by atomic mass is 35.5. The first kappa shape index (κ1) is 15.8. The van der Waals surface area contributed by atoms with E-state index < -0.39 is 0 Å². The summed E-state index contributed by atoms with van der Waals surface area (Å²) in [6.45, 7) is 3.92. The molecule has 0 amide bonds. The van der Waals surface area contributed by atoms with Gasteiger partial charge in [0.1, 0.15) is 5.82 Å². The molecule has 2 unspecified atom stereocenters. The lowest BCUT2D eigenvalue weighted by Crippen LogP contribution is -2.24. The highest BCUT2D eigenvalue weighted by Crippen LogP contribution is 2.33. The smallest absolute Gasteiger partial charge is 0.123 e. The van der Waals surface area contributed by atoms with Crippen LogP contribution >= 0.6 is 11.6 Å². The van der Waals surface area contributed by atoms with Crippen molar-refractivity contribution in [2.45, 2.75) is 25.9 Å². The second kappa shape index (κ2) is 6.46. The van der Waals surface area contributed by atoms with Gasteiger partial charge in [-0.25, -0.2) is 4.39 Å². The maximum absolute atomic E-state index is 13.5. The number of rotatable bonds is 4. The first-order valence-electron chi connectivity index (χ1n) is 6.94. The van der Waals surface area contributed by atoms with Crippen LogP contribution in [0.5, 0.6) is 0 Å². The molecule has 0 aliphatic carbocycles. The van der Waals surface area contributed by atoms with Gasteiger partial charge < -0.3 is 10.6 Å². The van der Waals surface area contributed by atoms with Crippen molar-refractivity contribution >= 4 is 17.3 Å². The zero-order chi connectivity index (χ0) is 15.6. The fourth-order valence-corrected chi connectivity index (χ4v) is 2.74. The van der Waals surface area contributed by atoms with Crippen molar-refractivity contribution in [1.82, 2.24) is 0 Å². The van der Waals surface area contributed by atoms with Crippen LogP contribution in [0.4, 0.5) is 10.1 Å². The summed E-state index contributed by atoms with van der Waals surface area (Å²) in [6.07, 6.45) is 0. The highest BCUT2D eigenvalue weighted by molar-refractivity contribution is 6.31. The molecule has 0 aliphatic rings. The SMILES string of the molecule is CC(N)c1cc(F)ccc1N(C)C(C)c1ccccc1Cl. The molecular formula is C17H20ClFN2. The Hall–Kier alpha value is -1.58. The number of benzene rings is 2. The molecule has 2 N–H and O–H groups in total. The van der Waals surface area contributed by atoms with E-state index in [1.807, 2.05) is 38.2 Å². The lowest BCUT2D eigenvalue weighted by atomic mass is 10.0. The molecule has 0 fully saturated rings. The normalized spacial score (nSPS) is 13.8. The molecule has 0 aromatic heterocycles. The van der Waals surface area contributed by atoms with Crippen LogP contribution in [-0.2, 0) is 0 Å². The van der Waals surface area contributed by atoms with Crippen LogP contribution in [-0.4, -0.2) is 7.05 Å². The van der Waals surface area contributed by atoms with Crippen LogP contribution in [0.15, 0.2) is 42.5 Å². The summed E-state index contributed by atoms with van der Waals surface area (Å²) >= 11 is 6.27. The van der Waals surface area contributed by atoms with Gasteiger partial charge in [0.2, 0.25) is 0 Å². The van der Waals surface area contributed by atoms with Crippen molar-refractivity contribution in [2.75, 3.05) is 11.9 Å². The van der Waals surface area contributed by atoms with Crippen molar-refractivity contribution in [3.63, 3.8) is 0 Å². The van der Waals surface area contributed by atoms with Gasteiger partial charge in [-0.3, -0.25) is 0 Å². The zero-order valence-corrected chi connectivity index (χ0v) is 13.2. The summed E-state index contributed by atoms with van der Waals surface area (Å²) in [5.74, 6) is -0.273. The fourth-order valence-electron chi connectivity index (χ4n) is 2.44. The summed E-state index contributed by atoms with van der Waals surface area (Å²) in [5, 5.41) is 0.723. The Balaban J connectivity index is 2.40. The molecule has 0 aliphatic heterocycles. The Labute approximate surface area is 130 Å². The van der Waals surface area contributed by atoms with E-state index in [4.69, 9.17) is 17.3 Å². The van der Waals surface area contributed by atoms with Crippen molar-refractivity contribution in [2.24, 2.45) is 5.73 Å². The number of nitrogens with zero attached hydrogens (tertiary/aromatic N) is 1. The van der Waals surface area contributed by atoms with Gasteiger partial charge in [-0.2, -0.15) is 0 Å². The third-order valence-electron chi connectivity index (χ3n) is 3.80. The number of halogens is 2. The average molecular weight is 307 g/mol. The molecule has 112 valence electrons. The Morgan fingerprint density at radius 3 is 2.38 bits per heavy atom. The van der Waals surface area contributed by atoms with E-state index in [1.165, 1.54) is 12.1 Å². The molecule has 0 spiro atoms. The minimum absolute atomic E-state index is 0.0571. The molecule has 2 atom stereocenters. The van der Waals surface area contributed by atoms with Crippen molar-refractivity contribution < 1.29 is 4.39 Å². The summed E-state index contributed by atoms with van der Waals surface area (Å²) < 4.78 is 13.5. The summed E-state index contributed by atoms with van der Waals surface area (Å²) in [7, 11) is 1.97. The Morgan fingerprint density at radius 2 is 1.76 bits per heavy atom. The molecule has 0 bridgehead atoms. The molecule has 21 heavy (non-hydrogen) atoms. The number of hydrogen-bond acceptors (Lipinski definition) is 2. The topological polar surface area (TPSA) is 29.3 Å². The van der Waals surface area contributed by atoms with E-state index in [-0.39, 0.29) is 17.9 Å². The average Bonchev–Trinajstić information content (AvgIpc) is 2.46. The number of anilines is 1. The highest BCUT2D eigenvalue weighted by Gasteiger charge is 2.19. The molecule has 0 heterocycles.